The van der Waals surface area contributed by atoms with Crippen molar-refractivity contribution in [3.8, 4) is 0 Å². The van der Waals surface area contributed by atoms with Gasteiger partial charge in [-0.2, -0.15) is 0 Å². The molecule has 0 aromatic rings. The molecular weight excluding hydrogens is 200 g/mol. The van der Waals surface area contributed by atoms with Gasteiger partial charge in [0, 0.05) is 0 Å². The number of carboxylic acids is 1. The highest BCUT2D eigenvalue weighted by atomic mass is 16.4. The number of hydrogen-bond donors (Lipinski definition) is 1. The number of aliphatic carboxylic acids is 1. The summed E-state index contributed by atoms with van der Waals surface area (Å²) in [6, 6.07) is 0. The van der Waals surface area contributed by atoms with Crippen LogP contribution in [0.5, 0.6) is 0 Å². The number of hydrogen-bond acceptors (Lipinski definition) is 1. The third-order valence-electron chi connectivity index (χ3n) is 4.24. The van der Waals surface area contributed by atoms with Crippen molar-refractivity contribution in [2.45, 2.75) is 71.6 Å². The fourth-order valence-electron chi connectivity index (χ4n) is 3.05. The molecule has 0 aromatic carbocycles. The van der Waals surface area contributed by atoms with Crippen LogP contribution in [0.2, 0.25) is 0 Å². The zero-order valence-corrected chi connectivity index (χ0v) is 10.8. The average molecular weight is 226 g/mol. The maximum Gasteiger partial charge on any atom is 0.309 e. The molecular formula is C14H26O2. The zero-order valence-electron chi connectivity index (χ0n) is 10.8. The molecule has 1 aliphatic rings. The van der Waals surface area contributed by atoms with Crippen LogP contribution in [0.25, 0.3) is 0 Å². The van der Waals surface area contributed by atoms with Crippen LogP contribution in [-0.2, 0) is 4.79 Å². The van der Waals surface area contributed by atoms with Crippen LogP contribution in [0.1, 0.15) is 71.6 Å². The lowest BCUT2D eigenvalue weighted by Crippen LogP contribution is -2.30. The van der Waals surface area contributed by atoms with Crippen molar-refractivity contribution in [1.82, 2.24) is 0 Å². The Morgan fingerprint density at radius 2 is 1.94 bits per heavy atom. The van der Waals surface area contributed by atoms with E-state index in [4.69, 9.17) is 0 Å². The third kappa shape index (κ3) is 3.23. The van der Waals surface area contributed by atoms with E-state index in [0.717, 1.165) is 38.5 Å². The van der Waals surface area contributed by atoms with Crippen LogP contribution in [0.3, 0.4) is 0 Å². The summed E-state index contributed by atoms with van der Waals surface area (Å²) in [5.74, 6) is 0.0779. The lowest BCUT2D eigenvalue weighted by molar-refractivity contribution is -0.149. The van der Waals surface area contributed by atoms with E-state index in [-0.39, 0.29) is 5.41 Å². The minimum atomic E-state index is -0.542. The average Bonchev–Trinajstić information content (AvgIpc) is 2.74. The first-order chi connectivity index (χ1) is 7.64. The fourth-order valence-corrected chi connectivity index (χ4v) is 3.05. The van der Waals surface area contributed by atoms with Crippen molar-refractivity contribution in [2.75, 3.05) is 0 Å². The Balaban J connectivity index is 2.55. The molecule has 16 heavy (non-hydrogen) atoms. The molecule has 1 aliphatic carbocycles. The van der Waals surface area contributed by atoms with E-state index in [9.17, 15) is 9.90 Å². The second-order valence-corrected chi connectivity index (χ2v) is 5.41. The Morgan fingerprint density at radius 3 is 2.38 bits per heavy atom. The standard InChI is InChI=1S/C14H26O2/c1-3-5-8-12(4-2)11-14(13(15)16)9-6-7-10-14/h12H,3-11H2,1-2H3,(H,15,16). The topological polar surface area (TPSA) is 37.3 Å². The van der Waals surface area contributed by atoms with Gasteiger partial charge in [-0.15, -0.1) is 0 Å². The normalized spacial score (nSPS) is 20.9. The SMILES string of the molecule is CCCCC(CC)CC1(C(=O)O)CCCC1. The first-order valence-corrected chi connectivity index (χ1v) is 6.88. The highest BCUT2D eigenvalue weighted by molar-refractivity contribution is 5.75. The van der Waals surface area contributed by atoms with Gasteiger partial charge >= 0.3 is 5.97 Å². The second kappa shape index (κ2) is 6.27. The van der Waals surface area contributed by atoms with E-state index < -0.39 is 5.97 Å². The summed E-state index contributed by atoms with van der Waals surface area (Å²) in [5.41, 5.74) is -0.367. The predicted molar refractivity (Wildman–Crippen MR) is 66.5 cm³/mol. The van der Waals surface area contributed by atoms with E-state index in [1.807, 2.05) is 0 Å². The van der Waals surface area contributed by atoms with Gasteiger partial charge in [-0.1, -0.05) is 52.4 Å². The van der Waals surface area contributed by atoms with Gasteiger partial charge in [0.25, 0.3) is 0 Å². The number of rotatable bonds is 7. The summed E-state index contributed by atoms with van der Waals surface area (Å²) < 4.78 is 0. The summed E-state index contributed by atoms with van der Waals surface area (Å²) in [7, 11) is 0. The number of carboxylic acid groups (broad SMARTS) is 1. The Hall–Kier alpha value is -0.530. The minimum Gasteiger partial charge on any atom is -0.481 e. The van der Waals surface area contributed by atoms with Gasteiger partial charge in [0.2, 0.25) is 0 Å². The molecule has 1 saturated carbocycles. The van der Waals surface area contributed by atoms with Crippen LogP contribution in [0, 0.1) is 11.3 Å². The van der Waals surface area contributed by atoms with Gasteiger partial charge in [-0.3, -0.25) is 4.79 Å². The van der Waals surface area contributed by atoms with Crippen molar-refractivity contribution < 1.29 is 9.90 Å². The summed E-state index contributed by atoms with van der Waals surface area (Å²) >= 11 is 0. The fraction of sp³-hybridized carbons (Fsp3) is 0.929. The molecule has 0 spiro atoms. The Bertz CT molecular complexity index is 217. The molecule has 0 heterocycles. The molecule has 2 heteroatoms. The Labute approximate surface area is 99.4 Å². The summed E-state index contributed by atoms with van der Waals surface area (Å²) in [6.45, 7) is 4.40. The summed E-state index contributed by atoms with van der Waals surface area (Å²) in [5, 5.41) is 9.43. The van der Waals surface area contributed by atoms with E-state index in [1.165, 1.54) is 19.3 Å². The van der Waals surface area contributed by atoms with E-state index in [0.29, 0.717) is 5.92 Å². The van der Waals surface area contributed by atoms with Crippen molar-refractivity contribution in [3.63, 3.8) is 0 Å². The number of carbonyl (C=O) groups is 1. The first kappa shape index (κ1) is 13.5. The van der Waals surface area contributed by atoms with Crippen molar-refractivity contribution in [2.24, 2.45) is 11.3 Å². The Kier molecular flexibility index (Phi) is 5.30. The molecule has 1 unspecified atom stereocenters. The maximum absolute atomic E-state index is 11.4. The molecule has 94 valence electrons. The molecule has 0 saturated heterocycles. The molecule has 0 aromatic heterocycles. The molecule has 1 N–H and O–H groups in total. The lowest BCUT2D eigenvalue weighted by atomic mass is 9.75. The van der Waals surface area contributed by atoms with Crippen LogP contribution in [0.15, 0.2) is 0 Å². The highest BCUT2D eigenvalue weighted by Gasteiger charge is 2.42. The van der Waals surface area contributed by atoms with Crippen molar-refractivity contribution in [1.29, 1.82) is 0 Å². The van der Waals surface area contributed by atoms with E-state index in [2.05, 4.69) is 13.8 Å². The second-order valence-electron chi connectivity index (χ2n) is 5.41. The zero-order chi connectivity index (χ0) is 12.0. The molecule has 2 nitrogen and oxygen atoms in total. The van der Waals surface area contributed by atoms with E-state index >= 15 is 0 Å². The molecule has 0 aliphatic heterocycles. The van der Waals surface area contributed by atoms with Gasteiger partial charge in [0.05, 0.1) is 5.41 Å². The molecule has 1 fully saturated rings. The molecule has 1 atom stereocenters. The first-order valence-electron chi connectivity index (χ1n) is 6.88. The predicted octanol–water partition coefficient (Wildman–Crippen LogP) is 4.24. The molecule has 0 bridgehead atoms. The van der Waals surface area contributed by atoms with Crippen molar-refractivity contribution >= 4 is 5.97 Å². The van der Waals surface area contributed by atoms with Crippen LogP contribution in [-0.4, -0.2) is 11.1 Å². The number of unbranched alkanes of at least 4 members (excludes halogenated alkanes) is 1. The molecule has 0 radical (unpaired) electrons. The smallest absolute Gasteiger partial charge is 0.309 e. The largest absolute Gasteiger partial charge is 0.481 e. The minimum absolute atomic E-state index is 0.367. The lowest BCUT2D eigenvalue weighted by Gasteiger charge is -2.28. The van der Waals surface area contributed by atoms with Gasteiger partial charge in [0.1, 0.15) is 0 Å². The summed E-state index contributed by atoms with van der Waals surface area (Å²) in [6.07, 6.45) is 9.75. The van der Waals surface area contributed by atoms with Crippen molar-refractivity contribution in [3.05, 3.63) is 0 Å². The van der Waals surface area contributed by atoms with Gasteiger partial charge < -0.3 is 5.11 Å². The quantitative estimate of drug-likeness (QED) is 0.705. The highest BCUT2D eigenvalue weighted by Crippen LogP contribution is 2.44. The van der Waals surface area contributed by atoms with Gasteiger partial charge in [-0.25, -0.2) is 0 Å². The molecule has 0 amide bonds. The van der Waals surface area contributed by atoms with Crippen LogP contribution >= 0.6 is 0 Å². The van der Waals surface area contributed by atoms with Crippen LogP contribution < -0.4 is 0 Å². The van der Waals surface area contributed by atoms with Crippen LogP contribution in [0.4, 0.5) is 0 Å². The van der Waals surface area contributed by atoms with Gasteiger partial charge in [0.15, 0.2) is 0 Å². The van der Waals surface area contributed by atoms with E-state index in [1.54, 1.807) is 0 Å². The monoisotopic (exact) mass is 226 g/mol. The maximum atomic E-state index is 11.4. The Morgan fingerprint density at radius 1 is 1.31 bits per heavy atom. The summed E-state index contributed by atoms with van der Waals surface area (Å²) in [4.78, 5) is 11.4. The van der Waals surface area contributed by atoms with Gasteiger partial charge in [-0.05, 0) is 25.2 Å². The molecule has 1 rings (SSSR count). The third-order valence-corrected chi connectivity index (χ3v) is 4.24.